The van der Waals surface area contributed by atoms with Crippen LogP contribution in [0.5, 0.6) is 0 Å². The van der Waals surface area contributed by atoms with Crippen molar-refractivity contribution in [2.24, 2.45) is 36.6 Å². The van der Waals surface area contributed by atoms with Gasteiger partial charge in [0.2, 0.25) is 5.91 Å². The molecule has 4 rings (SSSR count). The number of carbonyl (C=O) groups excluding carboxylic acids is 1. The van der Waals surface area contributed by atoms with E-state index in [1.165, 1.54) is 25.0 Å². The maximum Gasteiger partial charge on any atom is 0.224 e. The number of nitrogens with one attached hydrogen (secondary N) is 1. The Morgan fingerprint density at radius 1 is 1.30 bits per heavy atom. The number of imidazole rings is 1. The van der Waals surface area contributed by atoms with Crippen molar-refractivity contribution in [2.45, 2.75) is 39.7 Å². The third kappa shape index (κ3) is 1.60. The van der Waals surface area contributed by atoms with E-state index in [-0.39, 0.29) is 5.91 Å². The summed E-state index contributed by atoms with van der Waals surface area (Å²) >= 11 is 0. The van der Waals surface area contributed by atoms with Crippen molar-refractivity contribution in [1.29, 1.82) is 0 Å². The highest BCUT2D eigenvalue weighted by Gasteiger charge is 2.67. The Morgan fingerprint density at radius 3 is 2.50 bits per heavy atom. The van der Waals surface area contributed by atoms with Crippen molar-refractivity contribution in [3.05, 3.63) is 17.2 Å². The molecule has 4 heteroatoms. The normalized spacial score (nSPS) is 37.0. The maximum atomic E-state index is 12.4. The fraction of sp³-hybridized carbons (Fsp3) is 0.750. The first-order valence-corrected chi connectivity index (χ1v) is 7.84. The zero-order valence-corrected chi connectivity index (χ0v) is 12.5. The van der Waals surface area contributed by atoms with E-state index in [0.717, 1.165) is 35.2 Å². The molecule has 0 radical (unpaired) electrons. The van der Waals surface area contributed by atoms with Crippen LogP contribution < -0.4 is 5.32 Å². The second-order valence-electron chi connectivity index (χ2n) is 6.99. The van der Waals surface area contributed by atoms with Crippen molar-refractivity contribution < 1.29 is 4.79 Å². The van der Waals surface area contributed by atoms with Crippen LogP contribution in [0.3, 0.4) is 0 Å². The third-order valence-corrected chi connectivity index (χ3v) is 6.17. The molecule has 0 spiro atoms. The largest absolute Gasteiger partial charge is 0.349 e. The number of hydrogen-bond donors (Lipinski definition) is 1. The molecule has 3 aliphatic carbocycles. The minimum atomic E-state index is 0.273. The molecule has 3 saturated carbocycles. The van der Waals surface area contributed by atoms with E-state index in [4.69, 9.17) is 0 Å². The summed E-state index contributed by atoms with van der Waals surface area (Å²) in [5.41, 5.74) is 2.23. The monoisotopic (exact) mass is 273 g/mol. The second-order valence-corrected chi connectivity index (χ2v) is 6.99. The Labute approximate surface area is 120 Å². The fourth-order valence-corrected chi connectivity index (χ4v) is 4.90. The molecule has 1 heterocycles. The van der Waals surface area contributed by atoms with Gasteiger partial charge in [-0.25, -0.2) is 4.98 Å². The van der Waals surface area contributed by atoms with E-state index in [0.29, 0.717) is 12.5 Å². The smallest absolute Gasteiger partial charge is 0.224 e. The molecule has 5 atom stereocenters. The minimum Gasteiger partial charge on any atom is -0.349 e. The molecule has 108 valence electrons. The lowest BCUT2D eigenvalue weighted by Crippen LogP contribution is -2.28. The quantitative estimate of drug-likeness (QED) is 0.915. The predicted molar refractivity (Wildman–Crippen MR) is 75.8 cm³/mol. The Morgan fingerprint density at radius 2 is 1.95 bits per heavy atom. The molecule has 1 amide bonds. The van der Waals surface area contributed by atoms with Crippen molar-refractivity contribution in [2.75, 3.05) is 0 Å². The van der Waals surface area contributed by atoms with Gasteiger partial charge < -0.3 is 9.88 Å². The molecule has 1 unspecified atom stereocenters. The van der Waals surface area contributed by atoms with Gasteiger partial charge in [-0.1, -0.05) is 0 Å². The molecule has 1 aromatic rings. The van der Waals surface area contributed by atoms with Gasteiger partial charge >= 0.3 is 0 Å². The molecule has 1 aromatic heterocycles. The molecule has 0 aliphatic heterocycles. The van der Waals surface area contributed by atoms with Gasteiger partial charge in [-0.3, -0.25) is 4.79 Å². The number of rotatable bonds is 3. The summed E-state index contributed by atoms with van der Waals surface area (Å²) in [5, 5.41) is 3.12. The fourth-order valence-electron chi connectivity index (χ4n) is 4.90. The molecule has 3 aliphatic rings. The van der Waals surface area contributed by atoms with Crippen LogP contribution in [0.4, 0.5) is 0 Å². The van der Waals surface area contributed by atoms with Gasteiger partial charge in [0.15, 0.2) is 0 Å². The third-order valence-electron chi connectivity index (χ3n) is 6.17. The van der Waals surface area contributed by atoms with Gasteiger partial charge in [0, 0.05) is 18.7 Å². The first kappa shape index (κ1) is 12.4. The Kier molecular flexibility index (Phi) is 2.54. The van der Waals surface area contributed by atoms with Gasteiger partial charge in [-0.05, 0) is 56.8 Å². The van der Waals surface area contributed by atoms with E-state index in [9.17, 15) is 4.79 Å². The molecule has 20 heavy (non-hydrogen) atoms. The molecule has 0 saturated heterocycles. The van der Waals surface area contributed by atoms with Crippen LogP contribution >= 0.6 is 0 Å². The van der Waals surface area contributed by atoms with Crippen LogP contribution in [0.25, 0.3) is 0 Å². The minimum absolute atomic E-state index is 0.273. The maximum absolute atomic E-state index is 12.4. The summed E-state index contributed by atoms with van der Waals surface area (Å²) in [6.07, 6.45) is 4.14. The summed E-state index contributed by atoms with van der Waals surface area (Å²) in [7, 11) is 2.02. The average Bonchev–Trinajstić information content (AvgIpc) is 2.75. The first-order chi connectivity index (χ1) is 9.58. The summed E-state index contributed by atoms with van der Waals surface area (Å²) in [6, 6.07) is 0. The SMILES string of the molecule is Cc1nc(CNC(=O)C2[C@@H]3[C@H]4CC[C@H](C4)[C@H]23)n(C)c1C. The van der Waals surface area contributed by atoms with Gasteiger partial charge in [-0.2, -0.15) is 0 Å². The molecule has 3 fully saturated rings. The van der Waals surface area contributed by atoms with Gasteiger partial charge in [0.05, 0.1) is 12.2 Å². The molecule has 4 nitrogen and oxygen atoms in total. The van der Waals surface area contributed by atoms with E-state index in [1.54, 1.807) is 0 Å². The average molecular weight is 273 g/mol. The van der Waals surface area contributed by atoms with Crippen LogP contribution in [0.1, 0.15) is 36.5 Å². The van der Waals surface area contributed by atoms with E-state index >= 15 is 0 Å². The first-order valence-electron chi connectivity index (χ1n) is 7.84. The van der Waals surface area contributed by atoms with Gasteiger partial charge in [0.25, 0.3) is 0 Å². The lowest BCUT2D eigenvalue weighted by atomic mass is 10.0. The zero-order chi connectivity index (χ0) is 14.0. The van der Waals surface area contributed by atoms with Gasteiger partial charge in [0.1, 0.15) is 5.82 Å². The van der Waals surface area contributed by atoms with Crippen molar-refractivity contribution in [3.63, 3.8) is 0 Å². The molecule has 2 bridgehead atoms. The Bertz CT molecular complexity index is 561. The zero-order valence-electron chi connectivity index (χ0n) is 12.5. The molecule has 0 aromatic carbocycles. The summed E-state index contributed by atoms with van der Waals surface area (Å²) in [6.45, 7) is 4.65. The van der Waals surface area contributed by atoms with Crippen LogP contribution in [-0.4, -0.2) is 15.5 Å². The van der Waals surface area contributed by atoms with Crippen molar-refractivity contribution in [3.8, 4) is 0 Å². The predicted octanol–water partition coefficient (Wildman–Crippen LogP) is 1.95. The number of hydrogen-bond acceptors (Lipinski definition) is 2. The highest BCUT2D eigenvalue weighted by molar-refractivity contribution is 5.82. The van der Waals surface area contributed by atoms with Crippen LogP contribution in [0.15, 0.2) is 0 Å². The molecular formula is C16H23N3O. The van der Waals surface area contributed by atoms with E-state index in [1.807, 2.05) is 14.0 Å². The van der Waals surface area contributed by atoms with E-state index < -0.39 is 0 Å². The van der Waals surface area contributed by atoms with Gasteiger partial charge in [-0.15, -0.1) is 0 Å². The van der Waals surface area contributed by atoms with E-state index in [2.05, 4.69) is 21.8 Å². The van der Waals surface area contributed by atoms with Crippen LogP contribution in [0.2, 0.25) is 0 Å². The summed E-state index contributed by atoms with van der Waals surface area (Å²) in [5.74, 6) is 4.72. The molecular weight excluding hydrogens is 250 g/mol. The highest BCUT2D eigenvalue weighted by Crippen LogP contribution is 2.69. The number of aromatic nitrogens is 2. The molecule has 1 N–H and O–H groups in total. The summed E-state index contributed by atoms with van der Waals surface area (Å²) in [4.78, 5) is 16.9. The van der Waals surface area contributed by atoms with Crippen molar-refractivity contribution in [1.82, 2.24) is 14.9 Å². The standard InChI is InChI=1S/C16H23N3O/c1-8-9(2)19(3)12(18-8)7-17-16(20)15-13-10-4-5-11(6-10)14(13)15/h10-11,13-15H,4-7H2,1-3H3,(H,17,20)/t10-,11+,13+,14-,15?. The highest BCUT2D eigenvalue weighted by atomic mass is 16.2. The van der Waals surface area contributed by atoms with Crippen LogP contribution in [-0.2, 0) is 18.4 Å². The Balaban J connectivity index is 1.39. The number of aryl methyl sites for hydroxylation is 1. The number of amides is 1. The van der Waals surface area contributed by atoms with Crippen LogP contribution in [0, 0.1) is 43.4 Å². The lowest BCUT2D eigenvalue weighted by molar-refractivity contribution is -0.123. The number of carbonyl (C=O) groups is 1. The second kappa shape index (κ2) is 4.09. The summed E-state index contributed by atoms with van der Waals surface area (Å²) < 4.78 is 2.08. The number of nitrogens with zero attached hydrogens (tertiary/aromatic N) is 2. The topological polar surface area (TPSA) is 46.9 Å². The number of fused-ring (bicyclic) bond motifs is 5. The van der Waals surface area contributed by atoms with Crippen molar-refractivity contribution >= 4 is 5.91 Å². The lowest BCUT2D eigenvalue weighted by Gasteiger charge is -2.09. The Hall–Kier alpha value is -1.32.